The number of halogens is 2. The van der Waals surface area contributed by atoms with Crippen LogP contribution in [-0.4, -0.2) is 19.9 Å². The maximum Gasteiger partial charge on any atom is 0.194 e. The van der Waals surface area contributed by atoms with Crippen LogP contribution in [0.5, 0.6) is 0 Å². The highest BCUT2D eigenvalue weighted by atomic mass is 19.1. The van der Waals surface area contributed by atoms with E-state index in [2.05, 4.69) is 25.3 Å². The van der Waals surface area contributed by atoms with Gasteiger partial charge in [0.2, 0.25) is 0 Å². The molecule has 0 saturated carbocycles. The van der Waals surface area contributed by atoms with Gasteiger partial charge in [-0.05, 0) is 37.3 Å². The van der Waals surface area contributed by atoms with Crippen molar-refractivity contribution >= 4 is 27.8 Å². The molecule has 0 unspecified atom stereocenters. The molecule has 2 aromatic carbocycles. The quantitative estimate of drug-likeness (QED) is 0.421. The van der Waals surface area contributed by atoms with Gasteiger partial charge in [0, 0.05) is 34.8 Å². The molecule has 0 aliphatic rings. The normalized spacial score (nSPS) is 12.2. The molecule has 1 atom stereocenters. The van der Waals surface area contributed by atoms with Crippen LogP contribution in [-0.2, 0) is 0 Å². The number of hydrogen-bond acceptors (Lipinski definition) is 5. The predicted molar refractivity (Wildman–Crippen MR) is 119 cm³/mol. The van der Waals surface area contributed by atoms with Gasteiger partial charge in [0.25, 0.3) is 0 Å². The van der Waals surface area contributed by atoms with E-state index in [0.29, 0.717) is 33.6 Å². The molecule has 32 heavy (non-hydrogen) atoms. The van der Waals surface area contributed by atoms with E-state index in [1.165, 1.54) is 42.9 Å². The molecule has 0 spiro atoms. The lowest BCUT2D eigenvalue weighted by atomic mass is 9.98. The van der Waals surface area contributed by atoms with Crippen molar-refractivity contribution in [1.82, 2.24) is 19.9 Å². The van der Waals surface area contributed by atoms with Crippen molar-refractivity contribution < 1.29 is 8.78 Å². The molecule has 0 aliphatic carbocycles. The number of anilines is 1. The zero-order valence-electron chi connectivity index (χ0n) is 16.9. The number of fused-ring (bicyclic) bond motifs is 2. The smallest absolute Gasteiger partial charge is 0.194 e. The van der Waals surface area contributed by atoms with Crippen LogP contribution in [0.15, 0.2) is 71.9 Å². The Balaban J connectivity index is 1.67. The molecule has 5 aromatic rings. The molecule has 6 nitrogen and oxygen atoms in total. The van der Waals surface area contributed by atoms with Crippen LogP contribution in [0.4, 0.5) is 14.6 Å². The Labute approximate surface area is 181 Å². The zero-order valence-corrected chi connectivity index (χ0v) is 16.9. The molecule has 5 rings (SSSR count). The highest BCUT2D eigenvalue weighted by Crippen LogP contribution is 2.32. The minimum absolute atomic E-state index is 0.216. The highest BCUT2D eigenvalue weighted by Gasteiger charge is 2.18. The fourth-order valence-electron chi connectivity index (χ4n) is 3.75. The highest BCUT2D eigenvalue weighted by molar-refractivity contribution is 5.87. The summed E-state index contributed by atoms with van der Waals surface area (Å²) in [5, 5.41) is 4.34. The summed E-state index contributed by atoms with van der Waals surface area (Å²) in [6.45, 7) is 1.89. The Kier molecular flexibility index (Phi) is 4.82. The first kappa shape index (κ1) is 19.7. The minimum atomic E-state index is -0.402. The largest absolute Gasteiger partial charge is 0.363 e. The molecule has 3 aromatic heterocycles. The maximum absolute atomic E-state index is 14.0. The summed E-state index contributed by atoms with van der Waals surface area (Å²) in [4.78, 5) is 28.4. The van der Waals surface area contributed by atoms with Crippen molar-refractivity contribution in [2.45, 2.75) is 13.0 Å². The van der Waals surface area contributed by atoms with Gasteiger partial charge in [0.15, 0.2) is 5.43 Å². The molecule has 0 radical (unpaired) electrons. The molecular weight excluding hydrogens is 412 g/mol. The lowest BCUT2D eigenvalue weighted by Crippen LogP contribution is -2.14. The SMILES string of the molecule is C[C@H](Nc1ncnc2[nH]ccc(=O)c12)c1cc2ccc(F)cc2nc1-c1cccc(F)c1. The molecular formula is C24H17F2N5O. The molecule has 0 bridgehead atoms. The molecule has 3 heterocycles. The average Bonchev–Trinajstić information content (AvgIpc) is 2.78. The summed E-state index contributed by atoms with van der Waals surface area (Å²) in [6, 6.07) is 13.4. The Morgan fingerprint density at radius 3 is 2.69 bits per heavy atom. The van der Waals surface area contributed by atoms with Crippen LogP contribution in [0.25, 0.3) is 33.2 Å². The van der Waals surface area contributed by atoms with Crippen LogP contribution >= 0.6 is 0 Å². The van der Waals surface area contributed by atoms with Gasteiger partial charge in [-0.1, -0.05) is 12.1 Å². The zero-order chi connectivity index (χ0) is 22.2. The number of H-pyrrole nitrogens is 1. The Morgan fingerprint density at radius 1 is 1.00 bits per heavy atom. The minimum Gasteiger partial charge on any atom is -0.363 e. The van der Waals surface area contributed by atoms with Gasteiger partial charge >= 0.3 is 0 Å². The first-order valence-corrected chi connectivity index (χ1v) is 9.95. The molecule has 8 heteroatoms. The lowest BCUT2D eigenvalue weighted by Gasteiger charge is -2.20. The van der Waals surface area contributed by atoms with E-state index in [4.69, 9.17) is 0 Å². The van der Waals surface area contributed by atoms with Crippen LogP contribution in [0.2, 0.25) is 0 Å². The third-order valence-electron chi connectivity index (χ3n) is 5.28. The molecule has 2 N–H and O–H groups in total. The van der Waals surface area contributed by atoms with E-state index in [1.54, 1.807) is 18.2 Å². The Bertz CT molecular complexity index is 1530. The second-order valence-corrected chi connectivity index (χ2v) is 7.43. The summed E-state index contributed by atoms with van der Waals surface area (Å²) in [6.07, 6.45) is 2.89. The number of nitrogens with zero attached hydrogens (tertiary/aromatic N) is 3. The van der Waals surface area contributed by atoms with E-state index in [0.717, 1.165) is 10.9 Å². The van der Waals surface area contributed by atoms with Crippen molar-refractivity contribution in [2.75, 3.05) is 5.32 Å². The molecule has 0 saturated heterocycles. The number of aromatic nitrogens is 4. The second-order valence-electron chi connectivity index (χ2n) is 7.43. The van der Waals surface area contributed by atoms with Crippen molar-refractivity contribution in [2.24, 2.45) is 0 Å². The van der Waals surface area contributed by atoms with Crippen molar-refractivity contribution in [3.8, 4) is 11.3 Å². The van der Waals surface area contributed by atoms with Crippen molar-refractivity contribution in [3.63, 3.8) is 0 Å². The monoisotopic (exact) mass is 429 g/mol. The summed E-state index contributed by atoms with van der Waals surface area (Å²) in [7, 11) is 0. The van der Waals surface area contributed by atoms with Crippen molar-refractivity contribution in [1.29, 1.82) is 0 Å². The first-order chi connectivity index (χ1) is 15.5. The molecule has 0 amide bonds. The van der Waals surface area contributed by atoms with Gasteiger partial charge in [-0.25, -0.2) is 23.7 Å². The van der Waals surface area contributed by atoms with E-state index in [1.807, 2.05) is 13.0 Å². The summed E-state index contributed by atoms with van der Waals surface area (Å²) < 4.78 is 27.8. The topological polar surface area (TPSA) is 83.6 Å². The van der Waals surface area contributed by atoms with Crippen LogP contribution in [0.1, 0.15) is 18.5 Å². The van der Waals surface area contributed by atoms with Gasteiger partial charge in [-0.15, -0.1) is 0 Å². The molecule has 158 valence electrons. The maximum atomic E-state index is 14.0. The van der Waals surface area contributed by atoms with Crippen molar-refractivity contribution in [3.05, 3.63) is 94.5 Å². The summed E-state index contributed by atoms with van der Waals surface area (Å²) >= 11 is 0. The Morgan fingerprint density at radius 2 is 1.84 bits per heavy atom. The van der Waals surface area contributed by atoms with Gasteiger partial charge in [0.05, 0.1) is 17.3 Å². The predicted octanol–water partition coefficient (Wildman–Crippen LogP) is 4.98. The van der Waals surface area contributed by atoms with E-state index >= 15 is 0 Å². The lowest BCUT2D eigenvalue weighted by molar-refractivity contribution is 0.628. The number of aromatic amines is 1. The second kappa shape index (κ2) is 7.81. The van der Waals surface area contributed by atoms with Gasteiger partial charge < -0.3 is 10.3 Å². The number of nitrogens with one attached hydrogen (secondary N) is 2. The summed E-state index contributed by atoms with van der Waals surface area (Å²) in [5.41, 5.74) is 2.48. The fraction of sp³-hybridized carbons (Fsp3) is 0.0833. The van der Waals surface area contributed by atoms with Crippen LogP contribution in [0, 0.1) is 11.6 Å². The van der Waals surface area contributed by atoms with E-state index in [-0.39, 0.29) is 11.5 Å². The fourth-order valence-corrected chi connectivity index (χ4v) is 3.75. The van der Waals surface area contributed by atoms with E-state index < -0.39 is 11.6 Å². The molecule has 0 aliphatic heterocycles. The van der Waals surface area contributed by atoms with Gasteiger partial charge in [-0.3, -0.25) is 4.79 Å². The summed E-state index contributed by atoms with van der Waals surface area (Å²) in [5.74, 6) is -0.432. The third kappa shape index (κ3) is 3.56. The first-order valence-electron chi connectivity index (χ1n) is 9.95. The van der Waals surface area contributed by atoms with Gasteiger partial charge in [0.1, 0.15) is 34.8 Å². The number of rotatable bonds is 4. The Hall–Kier alpha value is -4.20. The van der Waals surface area contributed by atoms with E-state index in [9.17, 15) is 13.6 Å². The van der Waals surface area contributed by atoms with Crippen LogP contribution in [0.3, 0.4) is 0 Å². The third-order valence-corrected chi connectivity index (χ3v) is 5.28. The number of hydrogen-bond donors (Lipinski definition) is 2. The number of pyridine rings is 2. The van der Waals surface area contributed by atoms with Crippen LogP contribution < -0.4 is 10.7 Å². The standard InChI is InChI=1S/C24H17F2N5O/c1-13(30-24-21-20(32)7-8-27-23(21)28-12-29-24)18-10-14-5-6-17(26)11-19(14)31-22(18)15-3-2-4-16(25)9-15/h2-13H,1H3,(H2,27,28,29,30,32)/t13-/m0/s1. The number of benzene rings is 2. The average molecular weight is 429 g/mol. The molecule has 0 fully saturated rings. The van der Waals surface area contributed by atoms with Gasteiger partial charge in [-0.2, -0.15) is 0 Å².